The minimum Gasteiger partial charge on any atom is -0.362 e. The summed E-state index contributed by atoms with van der Waals surface area (Å²) in [4.78, 5) is 14.4. The second kappa shape index (κ2) is 3.02. The molecule has 0 amide bonds. The smallest absolute Gasteiger partial charge is 0.133 e. The lowest BCUT2D eigenvalue weighted by Gasteiger charge is -2.06. The summed E-state index contributed by atoms with van der Waals surface area (Å²) < 4.78 is 0. The first kappa shape index (κ1) is 8.54. The van der Waals surface area contributed by atoms with Crippen molar-refractivity contribution in [3.8, 4) is 0 Å². The van der Waals surface area contributed by atoms with E-state index < -0.39 is 0 Å². The van der Waals surface area contributed by atoms with Gasteiger partial charge in [-0.1, -0.05) is 0 Å². The Morgan fingerprint density at radius 2 is 2.23 bits per heavy atom. The van der Waals surface area contributed by atoms with Crippen LogP contribution in [0.25, 0.3) is 0 Å². The van der Waals surface area contributed by atoms with E-state index in [0.717, 1.165) is 19.3 Å². The van der Waals surface area contributed by atoms with Crippen LogP contribution in [-0.2, 0) is 4.79 Å². The molecule has 1 saturated carbocycles. The molecule has 1 N–H and O–H groups in total. The molecular formula is C11H15NO. The van der Waals surface area contributed by atoms with Crippen molar-refractivity contribution >= 4 is 5.78 Å². The van der Waals surface area contributed by atoms with Gasteiger partial charge in [0.1, 0.15) is 5.78 Å². The van der Waals surface area contributed by atoms with Gasteiger partial charge in [0.15, 0.2) is 0 Å². The van der Waals surface area contributed by atoms with Gasteiger partial charge in [0, 0.05) is 24.2 Å². The molecule has 1 heterocycles. The van der Waals surface area contributed by atoms with Gasteiger partial charge in [0.2, 0.25) is 0 Å². The highest BCUT2D eigenvalue weighted by atomic mass is 16.1. The third-order valence-corrected chi connectivity index (χ3v) is 2.88. The molecule has 0 spiro atoms. The molecule has 0 radical (unpaired) electrons. The third-order valence-electron chi connectivity index (χ3n) is 2.88. The number of hydrogen-bond acceptors (Lipinski definition) is 1. The summed E-state index contributed by atoms with van der Waals surface area (Å²) in [6.07, 6.45) is 2.56. The molecule has 0 saturated heterocycles. The minimum atomic E-state index is 0.420. The number of aromatic nitrogens is 1. The molecule has 1 fully saturated rings. The van der Waals surface area contributed by atoms with Crippen molar-refractivity contribution in [3.63, 3.8) is 0 Å². The van der Waals surface area contributed by atoms with Crippen LogP contribution in [0.1, 0.15) is 42.1 Å². The van der Waals surface area contributed by atoms with E-state index in [2.05, 4.69) is 24.9 Å². The zero-order chi connectivity index (χ0) is 9.42. The van der Waals surface area contributed by atoms with Crippen molar-refractivity contribution in [2.75, 3.05) is 0 Å². The van der Waals surface area contributed by atoms with Crippen LogP contribution in [-0.4, -0.2) is 10.8 Å². The molecule has 1 unspecified atom stereocenters. The fourth-order valence-corrected chi connectivity index (χ4v) is 2.25. The molecule has 0 aromatic carbocycles. The van der Waals surface area contributed by atoms with Crippen molar-refractivity contribution in [2.45, 2.75) is 39.0 Å². The van der Waals surface area contributed by atoms with Crippen LogP contribution in [0, 0.1) is 13.8 Å². The molecule has 1 aromatic rings. The normalized spacial score (nSPS) is 22.6. The van der Waals surface area contributed by atoms with Crippen LogP contribution < -0.4 is 0 Å². The summed E-state index contributed by atoms with van der Waals surface area (Å²) >= 11 is 0. The molecule has 0 aliphatic heterocycles. The van der Waals surface area contributed by atoms with Crippen LogP contribution >= 0.6 is 0 Å². The lowest BCUT2D eigenvalue weighted by molar-refractivity contribution is -0.117. The molecule has 1 atom stereocenters. The highest BCUT2D eigenvalue weighted by Crippen LogP contribution is 2.33. The number of aryl methyl sites for hydroxylation is 2. The van der Waals surface area contributed by atoms with Crippen molar-refractivity contribution in [1.29, 1.82) is 0 Å². The molecule has 2 nitrogen and oxygen atoms in total. The summed E-state index contributed by atoms with van der Waals surface area (Å²) in [7, 11) is 0. The second-order valence-corrected chi connectivity index (χ2v) is 4.01. The predicted octanol–water partition coefficient (Wildman–Crippen LogP) is 2.47. The zero-order valence-corrected chi connectivity index (χ0v) is 8.18. The van der Waals surface area contributed by atoms with Crippen LogP contribution in [0.2, 0.25) is 0 Å². The molecule has 13 heavy (non-hydrogen) atoms. The number of carbonyl (C=O) groups excluding carboxylic acids is 1. The number of aromatic amines is 1. The lowest BCUT2D eigenvalue weighted by Crippen LogP contribution is -1.94. The maximum absolute atomic E-state index is 11.1. The number of carbonyl (C=O) groups is 1. The maximum Gasteiger partial charge on any atom is 0.133 e. The van der Waals surface area contributed by atoms with E-state index >= 15 is 0 Å². The van der Waals surface area contributed by atoms with Crippen LogP contribution in [0.3, 0.4) is 0 Å². The van der Waals surface area contributed by atoms with Gasteiger partial charge in [-0.25, -0.2) is 0 Å². The van der Waals surface area contributed by atoms with E-state index in [1.165, 1.54) is 17.0 Å². The Labute approximate surface area is 78.4 Å². The maximum atomic E-state index is 11.1. The van der Waals surface area contributed by atoms with E-state index in [1.54, 1.807) is 0 Å². The second-order valence-electron chi connectivity index (χ2n) is 4.01. The van der Waals surface area contributed by atoms with Crippen LogP contribution in [0.15, 0.2) is 6.07 Å². The molecule has 70 valence electrons. The van der Waals surface area contributed by atoms with E-state index in [0.29, 0.717) is 11.7 Å². The highest BCUT2D eigenvalue weighted by molar-refractivity contribution is 5.81. The van der Waals surface area contributed by atoms with Gasteiger partial charge >= 0.3 is 0 Å². The van der Waals surface area contributed by atoms with Gasteiger partial charge in [-0.3, -0.25) is 4.79 Å². The number of Topliss-reactive ketones (excluding diaryl/α,β-unsaturated/α-hetero) is 1. The van der Waals surface area contributed by atoms with Gasteiger partial charge < -0.3 is 4.98 Å². The molecule has 2 rings (SSSR count). The van der Waals surface area contributed by atoms with Crippen molar-refractivity contribution in [2.24, 2.45) is 0 Å². The number of nitrogens with one attached hydrogen (secondary N) is 1. The molecule has 1 aliphatic rings. The Bertz CT molecular complexity index is 338. The van der Waals surface area contributed by atoms with Gasteiger partial charge in [-0.2, -0.15) is 0 Å². The number of rotatable bonds is 1. The fraction of sp³-hybridized carbons (Fsp3) is 0.545. The van der Waals surface area contributed by atoms with Gasteiger partial charge in [0.05, 0.1) is 0 Å². The first-order valence-electron chi connectivity index (χ1n) is 4.84. The van der Waals surface area contributed by atoms with Crippen LogP contribution in [0.4, 0.5) is 0 Å². The van der Waals surface area contributed by atoms with Gasteiger partial charge in [-0.05, 0) is 37.8 Å². The average Bonchev–Trinajstić information content (AvgIpc) is 2.58. The Morgan fingerprint density at radius 1 is 1.46 bits per heavy atom. The summed E-state index contributed by atoms with van der Waals surface area (Å²) in [6.45, 7) is 4.15. The van der Waals surface area contributed by atoms with E-state index in [4.69, 9.17) is 0 Å². The van der Waals surface area contributed by atoms with Gasteiger partial charge in [-0.15, -0.1) is 0 Å². The predicted molar refractivity (Wildman–Crippen MR) is 51.9 cm³/mol. The Balaban J connectivity index is 2.25. The van der Waals surface area contributed by atoms with Crippen molar-refractivity contribution < 1.29 is 4.79 Å². The third kappa shape index (κ3) is 1.53. The van der Waals surface area contributed by atoms with E-state index in [9.17, 15) is 4.79 Å². The first-order valence-corrected chi connectivity index (χ1v) is 4.84. The summed E-state index contributed by atoms with van der Waals surface area (Å²) in [5.74, 6) is 0.903. The lowest BCUT2D eigenvalue weighted by atomic mass is 9.98. The standard InChI is InChI=1S/C11H15NO/c1-7-5-11(8(2)12-7)9-3-4-10(13)6-9/h5,9,12H,3-4,6H2,1-2H3. The zero-order valence-electron chi connectivity index (χ0n) is 8.18. The molecule has 1 aliphatic carbocycles. The molecular weight excluding hydrogens is 162 g/mol. The summed E-state index contributed by atoms with van der Waals surface area (Å²) in [5.41, 5.74) is 3.78. The number of H-pyrrole nitrogens is 1. The number of hydrogen-bond donors (Lipinski definition) is 1. The highest BCUT2D eigenvalue weighted by Gasteiger charge is 2.25. The first-order chi connectivity index (χ1) is 6.16. The van der Waals surface area contributed by atoms with Crippen molar-refractivity contribution in [1.82, 2.24) is 4.98 Å². The average molecular weight is 177 g/mol. The topological polar surface area (TPSA) is 32.9 Å². The van der Waals surface area contributed by atoms with Gasteiger partial charge in [0.25, 0.3) is 0 Å². The van der Waals surface area contributed by atoms with E-state index in [1.807, 2.05) is 0 Å². The molecule has 0 bridgehead atoms. The SMILES string of the molecule is Cc1cc(C2CCC(=O)C2)c(C)[nH]1. The monoisotopic (exact) mass is 177 g/mol. The molecule has 2 heteroatoms. The minimum absolute atomic E-state index is 0.420. The largest absolute Gasteiger partial charge is 0.362 e. The van der Waals surface area contributed by atoms with Crippen LogP contribution in [0.5, 0.6) is 0 Å². The number of ketones is 1. The Morgan fingerprint density at radius 3 is 2.69 bits per heavy atom. The van der Waals surface area contributed by atoms with Crippen molar-refractivity contribution in [3.05, 3.63) is 23.0 Å². The quantitative estimate of drug-likeness (QED) is 0.702. The Hall–Kier alpha value is -1.05. The fourth-order valence-electron chi connectivity index (χ4n) is 2.25. The molecule has 1 aromatic heterocycles. The van der Waals surface area contributed by atoms with E-state index in [-0.39, 0.29) is 0 Å². The summed E-state index contributed by atoms with van der Waals surface area (Å²) in [6, 6.07) is 2.18. The summed E-state index contributed by atoms with van der Waals surface area (Å²) in [5, 5.41) is 0. The Kier molecular flexibility index (Phi) is 1.98.